The lowest BCUT2D eigenvalue weighted by atomic mass is 9.89. The molecule has 0 bridgehead atoms. The Morgan fingerprint density at radius 3 is 2.25 bits per heavy atom. The number of hydrogen-bond acceptors (Lipinski definition) is 6. The van der Waals surface area contributed by atoms with E-state index in [-0.39, 0.29) is 12.5 Å². The number of carboxylic acids is 1. The van der Waals surface area contributed by atoms with Gasteiger partial charge in [-0.25, -0.2) is 4.79 Å². The molecule has 160 valence electrons. The van der Waals surface area contributed by atoms with Crippen LogP contribution in [0.15, 0.2) is 0 Å². The Morgan fingerprint density at radius 1 is 1.14 bits per heavy atom. The number of hydrogen-bond donors (Lipinski definition) is 2. The summed E-state index contributed by atoms with van der Waals surface area (Å²) in [6.45, 7) is 5.01. The van der Waals surface area contributed by atoms with Crippen molar-refractivity contribution < 1.29 is 33.8 Å². The number of carbonyl (C=O) groups is 4. The molecular formula is C19H32N2O7. The summed E-state index contributed by atoms with van der Waals surface area (Å²) < 4.78 is 9.79. The van der Waals surface area contributed by atoms with Gasteiger partial charge in [0.2, 0.25) is 5.91 Å². The molecule has 1 rings (SSSR count). The SMILES string of the molecule is COC(=O)CN(CC1CCCCC1)C(=O)[C@H](CC(=O)O)NC(=O)OC(C)(C)C. The third-order valence-corrected chi connectivity index (χ3v) is 4.43. The van der Waals surface area contributed by atoms with E-state index >= 15 is 0 Å². The molecule has 0 aliphatic heterocycles. The summed E-state index contributed by atoms with van der Waals surface area (Å²) in [5, 5.41) is 11.5. The molecule has 1 saturated carbocycles. The fraction of sp³-hybridized carbons (Fsp3) is 0.789. The molecule has 0 aromatic heterocycles. The van der Waals surface area contributed by atoms with Crippen LogP contribution in [0.4, 0.5) is 4.79 Å². The lowest BCUT2D eigenvalue weighted by Gasteiger charge is -2.31. The van der Waals surface area contributed by atoms with Crippen molar-refractivity contribution in [2.45, 2.75) is 70.9 Å². The maximum absolute atomic E-state index is 13.0. The predicted octanol–water partition coefficient (Wildman–Crippen LogP) is 1.94. The van der Waals surface area contributed by atoms with E-state index in [2.05, 4.69) is 10.1 Å². The van der Waals surface area contributed by atoms with Crippen LogP contribution >= 0.6 is 0 Å². The van der Waals surface area contributed by atoms with Gasteiger partial charge < -0.3 is 24.8 Å². The van der Waals surface area contributed by atoms with Gasteiger partial charge in [0.15, 0.2) is 0 Å². The fourth-order valence-corrected chi connectivity index (χ4v) is 3.18. The highest BCUT2D eigenvalue weighted by atomic mass is 16.6. The Morgan fingerprint density at radius 2 is 1.75 bits per heavy atom. The molecule has 9 heteroatoms. The van der Waals surface area contributed by atoms with Gasteiger partial charge in [-0.05, 0) is 39.5 Å². The van der Waals surface area contributed by atoms with E-state index in [0.29, 0.717) is 6.54 Å². The zero-order valence-corrected chi connectivity index (χ0v) is 17.2. The highest BCUT2D eigenvalue weighted by Gasteiger charge is 2.32. The first-order valence-corrected chi connectivity index (χ1v) is 9.58. The van der Waals surface area contributed by atoms with E-state index in [0.717, 1.165) is 32.1 Å². The van der Waals surface area contributed by atoms with Gasteiger partial charge in [-0.2, -0.15) is 0 Å². The number of nitrogens with one attached hydrogen (secondary N) is 1. The minimum atomic E-state index is -1.33. The molecule has 1 atom stereocenters. The van der Waals surface area contributed by atoms with E-state index in [1.165, 1.54) is 12.0 Å². The number of amides is 2. The average molecular weight is 400 g/mol. The molecule has 0 saturated heterocycles. The van der Waals surface area contributed by atoms with Crippen LogP contribution in [-0.2, 0) is 23.9 Å². The molecule has 2 N–H and O–H groups in total. The Labute approximate surface area is 165 Å². The van der Waals surface area contributed by atoms with Gasteiger partial charge in [0.05, 0.1) is 13.5 Å². The van der Waals surface area contributed by atoms with Crippen molar-refractivity contribution in [1.82, 2.24) is 10.2 Å². The van der Waals surface area contributed by atoms with Gasteiger partial charge in [-0.3, -0.25) is 14.4 Å². The van der Waals surface area contributed by atoms with Crippen LogP contribution < -0.4 is 5.32 Å². The van der Waals surface area contributed by atoms with Crippen LogP contribution in [0.3, 0.4) is 0 Å². The Hall–Kier alpha value is -2.32. The molecular weight excluding hydrogens is 368 g/mol. The number of aliphatic carboxylic acids is 1. The monoisotopic (exact) mass is 400 g/mol. The molecule has 0 heterocycles. The van der Waals surface area contributed by atoms with Crippen LogP contribution in [0, 0.1) is 5.92 Å². The molecule has 9 nitrogen and oxygen atoms in total. The normalized spacial score (nSPS) is 16.0. The summed E-state index contributed by atoms with van der Waals surface area (Å²) in [5.74, 6) is -2.25. The molecule has 1 aliphatic rings. The predicted molar refractivity (Wildman–Crippen MR) is 101 cm³/mol. The number of ether oxygens (including phenoxy) is 2. The maximum atomic E-state index is 13.0. The maximum Gasteiger partial charge on any atom is 0.408 e. The van der Waals surface area contributed by atoms with Crippen molar-refractivity contribution in [2.75, 3.05) is 20.2 Å². The molecule has 28 heavy (non-hydrogen) atoms. The summed E-state index contributed by atoms with van der Waals surface area (Å²) in [6.07, 6.45) is 3.63. The van der Waals surface area contributed by atoms with E-state index in [9.17, 15) is 19.2 Å². The number of methoxy groups -OCH3 is 1. The lowest BCUT2D eigenvalue weighted by molar-refractivity contribution is -0.149. The Kier molecular flexibility index (Phi) is 9.21. The standard InChI is InChI=1S/C19H32N2O7/c1-19(2,3)28-18(26)20-14(10-15(22)23)17(25)21(12-16(24)27-4)11-13-8-6-5-7-9-13/h13-14H,5-12H2,1-4H3,(H,20,26)(H,22,23)/t14-/m0/s1. The van der Waals surface area contributed by atoms with E-state index in [1.54, 1.807) is 20.8 Å². The smallest absolute Gasteiger partial charge is 0.408 e. The Bertz CT molecular complexity index is 565. The van der Waals surface area contributed by atoms with Crippen molar-refractivity contribution in [3.8, 4) is 0 Å². The quantitative estimate of drug-likeness (QED) is 0.597. The number of carboxylic acid groups (broad SMARTS) is 1. The second-order valence-corrected chi connectivity index (χ2v) is 8.10. The van der Waals surface area contributed by atoms with E-state index < -0.39 is 42.0 Å². The van der Waals surface area contributed by atoms with Gasteiger partial charge in [-0.1, -0.05) is 19.3 Å². The number of alkyl carbamates (subject to hydrolysis) is 1. The van der Waals surface area contributed by atoms with Crippen LogP contribution in [0.1, 0.15) is 59.3 Å². The summed E-state index contributed by atoms with van der Waals surface area (Å²) in [5.41, 5.74) is -0.797. The number of esters is 1. The lowest BCUT2D eigenvalue weighted by Crippen LogP contribution is -2.52. The van der Waals surface area contributed by atoms with Gasteiger partial charge in [0, 0.05) is 6.54 Å². The summed E-state index contributed by atoms with van der Waals surface area (Å²) >= 11 is 0. The zero-order valence-electron chi connectivity index (χ0n) is 17.2. The van der Waals surface area contributed by atoms with Gasteiger partial charge in [0.25, 0.3) is 0 Å². The minimum Gasteiger partial charge on any atom is -0.481 e. The fourth-order valence-electron chi connectivity index (χ4n) is 3.18. The Balaban J connectivity index is 2.93. The molecule has 0 radical (unpaired) electrons. The van der Waals surface area contributed by atoms with Crippen molar-refractivity contribution in [1.29, 1.82) is 0 Å². The first kappa shape index (κ1) is 23.7. The van der Waals surface area contributed by atoms with Crippen LogP contribution in [0.25, 0.3) is 0 Å². The minimum absolute atomic E-state index is 0.231. The molecule has 0 aromatic carbocycles. The number of rotatable bonds is 8. The second kappa shape index (κ2) is 10.9. The largest absolute Gasteiger partial charge is 0.481 e. The highest BCUT2D eigenvalue weighted by Crippen LogP contribution is 2.24. The molecule has 1 aliphatic carbocycles. The van der Waals surface area contributed by atoms with Gasteiger partial charge in [0.1, 0.15) is 18.2 Å². The number of carbonyl (C=O) groups excluding carboxylic acids is 3. The average Bonchev–Trinajstić information content (AvgIpc) is 2.58. The molecule has 1 fully saturated rings. The van der Waals surface area contributed by atoms with Crippen LogP contribution in [0.2, 0.25) is 0 Å². The first-order chi connectivity index (χ1) is 13.0. The summed E-state index contributed by atoms with van der Waals surface area (Å²) in [4.78, 5) is 49.3. The molecule has 2 amide bonds. The third-order valence-electron chi connectivity index (χ3n) is 4.43. The first-order valence-electron chi connectivity index (χ1n) is 9.58. The van der Waals surface area contributed by atoms with Crippen molar-refractivity contribution in [2.24, 2.45) is 5.92 Å². The number of nitrogens with zero attached hydrogens (tertiary/aromatic N) is 1. The zero-order chi connectivity index (χ0) is 21.3. The molecule has 0 unspecified atom stereocenters. The van der Waals surface area contributed by atoms with E-state index in [1.807, 2.05) is 0 Å². The second-order valence-electron chi connectivity index (χ2n) is 8.10. The van der Waals surface area contributed by atoms with Crippen LogP contribution in [0.5, 0.6) is 0 Å². The summed E-state index contributed by atoms with van der Waals surface area (Å²) in [7, 11) is 1.22. The molecule has 0 aromatic rings. The topological polar surface area (TPSA) is 122 Å². The van der Waals surface area contributed by atoms with Gasteiger partial charge in [-0.15, -0.1) is 0 Å². The summed E-state index contributed by atoms with van der Waals surface area (Å²) in [6, 6.07) is -1.33. The molecule has 0 spiro atoms. The van der Waals surface area contributed by atoms with Crippen molar-refractivity contribution in [3.63, 3.8) is 0 Å². The van der Waals surface area contributed by atoms with Crippen LogP contribution in [-0.4, -0.2) is 65.8 Å². The third kappa shape index (κ3) is 9.05. The van der Waals surface area contributed by atoms with Crippen molar-refractivity contribution >= 4 is 23.9 Å². The van der Waals surface area contributed by atoms with Crippen molar-refractivity contribution in [3.05, 3.63) is 0 Å². The van der Waals surface area contributed by atoms with Gasteiger partial charge >= 0.3 is 18.0 Å². The highest BCUT2D eigenvalue weighted by molar-refractivity contribution is 5.91. The van der Waals surface area contributed by atoms with E-state index in [4.69, 9.17) is 9.84 Å².